The Morgan fingerprint density at radius 3 is 2.39 bits per heavy atom. The zero-order valence-corrected chi connectivity index (χ0v) is 19.7. The van der Waals surface area contributed by atoms with Crippen LogP contribution in [0, 0.1) is 30.9 Å². The maximum Gasteiger partial charge on any atom is 0.339 e. The van der Waals surface area contributed by atoms with Crippen LogP contribution in [0.3, 0.4) is 0 Å². The minimum Gasteiger partial charge on any atom is -0.449 e. The minimum atomic E-state index is -1.11. The van der Waals surface area contributed by atoms with Gasteiger partial charge in [-0.3, -0.25) is 19.6 Å². The Bertz CT molecular complexity index is 1220. The maximum atomic E-state index is 12.6. The van der Waals surface area contributed by atoms with Crippen LogP contribution < -0.4 is 5.32 Å². The fourth-order valence-corrected chi connectivity index (χ4v) is 3.97. The summed E-state index contributed by atoms with van der Waals surface area (Å²) in [4.78, 5) is 37.4. The third-order valence-corrected chi connectivity index (χ3v) is 6.12. The molecular formula is C23H24N4O5S. The molecule has 1 N–H and O–H groups in total. The number of aromatic nitrogens is 2. The lowest BCUT2D eigenvalue weighted by Gasteiger charge is -2.14. The number of hydrogen-bond donors (Lipinski definition) is 1. The first-order chi connectivity index (χ1) is 15.6. The van der Waals surface area contributed by atoms with Gasteiger partial charge in [-0.15, -0.1) is 0 Å². The lowest BCUT2D eigenvalue weighted by atomic mass is 10.2. The second-order valence-corrected chi connectivity index (χ2v) is 8.68. The fraction of sp³-hybridized carbons (Fsp3) is 0.261. The van der Waals surface area contributed by atoms with E-state index in [1.54, 1.807) is 18.7 Å². The average molecular weight is 469 g/mol. The first-order valence-corrected chi connectivity index (χ1v) is 10.9. The van der Waals surface area contributed by atoms with E-state index in [2.05, 4.69) is 10.4 Å². The molecule has 0 aliphatic carbocycles. The van der Waals surface area contributed by atoms with Gasteiger partial charge in [0, 0.05) is 18.0 Å². The van der Waals surface area contributed by atoms with Crippen LogP contribution in [0.4, 0.5) is 11.4 Å². The van der Waals surface area contributed by atoms with Crippen LogP contribution in [0.2, 0.25) is 0 Å². The zero-order chi connectivity index (χ0) is 24.3. The number of nitro benzene ring substituents is 1. The summed E-state index contributed by atoms with van der Waals surface area (Å²) >= 11 is 1.23. The van der Waals surface area contributed by atoms with Crippen LogP contribution in [0.25, 0.3) is 0 Å². The highest BCUT2D eigenvalue weighted by molar-refractivity contribution is 7.99. The van der Waals surface area contributed by atoms with E-state index in [-0.39, 0.29) is 11.3 Å². The Morgan fingerprint density at radius 1 is 1.15 bits per heavy atom. The van der Waals surface area contributed by atoms with Gasteiger partial charge in [0.15, 0.2) is 6.10 Å². The van der Waals surface area contributed by atoms with Crippen molar-refractivity contribution in [1.29, 1.82) is 0 Å². The Balaban J connectivity index is 1.73. The summed E-state index contributed by atoms with van der Waals surface area (Å²) in [7, 11) is 1.76. The van der Waals surface area contributed by atoms with E-state index < -0.39 is 22.9 Å². The number of carbonyl (C=O) groups is 2. The molecule has 33 heavy (non-hydrogen) atoms. The van der Waals surface area contributed by atoms with Crippen LogP contribution in [-0.4, -0.2) is 32.7 Å². The van der Waals surface area contributed by atoms with Gasteiger partial charge in [-0.25, -0.2) is 4.79 Å². The van der Waals surface area contributed by atoms with Crippen LogP contribution in [0.1, 0.15) is 34.2 Å². The van der Waals surface area contributed by atoms with Crippen molar-refractivity contribution in [3.8, 4) is 0 Å². The number of benzene rings is 2. The summed E-state index contributed by atoms with van der Waals surface area (Å²) in [6, 6.07) is 11.7. The van der Waals surface area contributed by atoms with Gasteiger partial charge < -0.3 is 10.1 Å². The van der Waals surface area contributed by atoms with Crippen LogP contribution in [0.5, 0.6) is 0 Å². The van der Waals surface area contributed by atoms with Crippen molar-refractivity contribution < 1.29 is 19.2 Å². The monoisotopic (exact) mass is 468 g/mol. The number of nitro groups is 1. The number of hydrogen-bond acceptors (Lipinski definition) is 7. The second kappa shape index (κ2) is 9.86. The number of nitrogens with one attached hydrogen (secondary N) is 1. The van der Waals surface area contributed by atoms with Gasteiger partial charge in [-0.1, -0.05) is 29.5 Å². The maximum absolute atomic E-state index is 12.6. The van der Waals surface area contributed by atoms with E-state index in [1.807, 2.05) is 38.1 Å². The molecule has 0 aliphatic heterocycles. The smallest absolute Gasteiger partial charge is 0.339 e. The quantitative estimate of drug-likeness (QED) is 0.306. The van der Waals surface area contributed by atoms with Crippen molar-refractivity contribution in [2.75, 3.05) is 5.32 Å². The standard InChI is InChI=1S/C23H24N4O5S/c1-13-6-9-18(10-7-13)33-20-11-8-17(12-19(20)27(30)31)23(29)32-16(4)22(28)24-21-14(2)25-26(5)15(21)3/h6-12,16H,1-5H3,(H,24,28). The molecule has 1 atom stereocenters. The Hall–Kier alpha value is -3.66. The van der Waals surface area contributed by atoms with Gasteiger partial charge in [-0.05, 0) is 52.0 Å². The number of nitrogens with zero attached hydrogens (tertiary/aromatic N) is 3. The molecule has 0 saturated heterocycles. The largest absolute Gasteiger partial charge is 0.449 e. The molecule has 0 radical (unpaired) electrons. The molecule has 0 bridgehead atoms. The molecular weight excluding hydrogens is 444 g/mol. The van der Waals surface area contributed by atoms with Crippen molar-refractivity contribution in [1.82, 2.24) is 9.78 Å². The molecule has 0 fully saturated rings. The Morgan fingerprint density at radius 2 is 1.82 bits per heavy atom. The van der Waals surface area contributed by atoms with E-state index >= 15 is 0 Å². The number of ether oxygens (including phenoxy) is 1. The van der Waals surface area contributed by atoms with Crippen LogP contribution >= 0.6 is 11.8 Å². The van der Waals surface area contributed by atoms with Gasteiger partial charge in [0.05, 0.1) is 32.5 Å². The van der Waals surface area contributed by atoms with Crippen LogP contribution in [0.15, 0.2) is 52.3 Å². The van der Waals surface area contributed by atoms with Crippen molar-refractivity contribution in [3.63, 3.8) is 0 Å². The predicted molar refractivity (Wildman–Crippen MR) is 125 cm³/mol. The van der Waals surface area contributed by atoms with E-state index in [1.165, 1.54) is 36.9 Å². The molecule has 0 spiro atoms. The normalized spacial score (nSPS) is 11.7. The third-order valence-electron chi connectivity index (χ3n) is 5.05. The Labute approximate surface area is 195 Å². The number of esters is 1. The van der Waals surface area contributed by atoms with E-state index in [4.69, 9.17) is 4.74 Å². The zero-order valence-electron chi connectivity index (χ0n) is 18.9. The van der Waals surface area contributed by atoms with E-state index in [0.29, 0.717) is 16.3 Å². The van der Waals surface area contributed by atoms with Gasteiger partial charge in [-0.2, -0.15) is 5.10 Å². The summed E-state index contributed by atoms with van der Waals surface area (Å²) in [6.07, 6.45) is -1.11. The molecule has 172 valence electrons. The lowest BCUT2D eigenvalue weighted by molar-refractivity contribution is -0.387. The number of anilines is 1. The molecule has 1 amide bonds. The number of rotatable bonds is 7. The molecule has 1 aromatic heterocycles. The van der Waals surface area contributed by atoms with Gasteiger partial charge in [0.1, 0.15) is 0 Å². The number of carbonyl (C=O) groups excluding carboxylic acids is 2. The van der Waals surface area contributed by atoms with Gasteiger partial charge >= 0.3 is 5.97 Å². The molecule has 9 nitrogen and oxygen atoms in total. The summed E-state index contributed by atoms with van der Waals surface area (Å²) in [5, 5.41) is 18.6. The third kappa shape index (κ3) is 5.58. The van der Waals surface area contributed by atoms with Crippen molar-refractivity contribution in [2.45, 2.75) is 43.6 Å². The highest BCUT2D eigenvalue weighted by Gasteiger charge is 2.24. The van der Waals surface area contributed by atoms with Crippen molar-refractivity contribution in [3.05, 3.63) is 75.1 Å². The summed E-state index contributed by atoms with van der Waals surface area (Å²) in [6.45, 7) is 6.96. The molecule has 3 rings (SSSR count). The molecule has 10 heteroatoms. The van der Waals surface area contributed by atoms with Crippen LogP contribution in [-0.2, 0) is 16.6 Å². The Kier molecular flexibility index (Phi) is 7.17. The summed E-state index contributed by atoms with van der Waals surface area (Å²) < 4.78 is 6.89. The van der Waals surface area contributed by atoms with Gasteiger partial charge in [0.25, 0.3) is 11.6 Å². The second-order valence-electron chi connectivity index (χ2n) is 7.56. The van der Waals surface area contributed by atoms with Crippen molar-refractivity contribution in [2.24, 2.45) is 7.05 Å². The topological polar surface area (TPSA) is 116 Å². The predicted octanol–water partition coefficient (Wildman–Crippen LogP) is 4.59. The van der Waals surface area contributed by atoms with Crippen molar-refractivity contribution >= 4 is 35.0 Å². The molecule has 1 heterocycles. The molecule has 1 unspecified atom stereocenters. The van der Waals surface area contributed by atoms with Gasteiger partial charge in [0.2, 0.25) is 0 Å². The average Bonchev–Trinajstić information content (AvgIpc) is 3.01. The summed E-state index contributed by atoms with van der Waals surface area (Å²) in [5.41, 5.74) is 2.81. The molecule has 3 aromatic rings. The van der Waals surface area contributed by atoms with E-state index in [0.717, 1.165) is 16.2 Å². The van der Waals surface area contributed by atoms with E-state index in [9.17, 15) is 19.7 Å². The first kappa shape index (κ1) is 24.0. The lowest BCUT2D eigenvalue weighted by Crippen LogP contribution is -2.30. The number of aryl methyl sites for hydroxylation is 3. The number of amides is 1. The molecule has 0 aliphatic rings. The first-order valence-electron chi connectivity index (χ1n) is 10.1. The summed E-state index contributed by atoms with van der Waals surface area (Å²) in [5.74, 6) is -1.35. The highest BCUT2D eigenvalue weighted by Crippen LogP contribution is 2.35. The SMILES string of the molecule is Cc1ccc(Sc2ccc(C(=O)OC(C)C(=O)Nc3c(C)nn(C)c3C)cc2[N+](=O)[O-])cc1. The fourth-order valence-electron chi connectivity index (χ4n) is 3.07. The highest BCUT2D eigenvalue weighted by atomic mass is 32.2. The minimum absolute atomic E-state index is 0.0108. The molecule has 2 aromatic carbocycles. The molecule has 0 saturated carbocycles.